The van der Waals surface area contributed by atoms with E-state index in [4.69, 9.17) is 21.6 Å². The zero-order valence-corrected chi connectivity index (χ0v) is 15.1. The number of hydrogen-bond donors (Lipinski definition) is 0. The van der Waals surface area contributed by atoms with Crippen LogP contribution in [0.1, 0.15) is 27.2 Å². The second-order valence-corrected chi connectivity index (χ2v) is 6.71. The van der Waals surface area contributed by atoms with E-state index < -0.39 is 11.7 Å². The lowest BCUT2D eigenvalue weighted by Crippen LogP contribution is -2.43. The van der Waals surface area contributed by atoms with Gasteiger partial charge in [0.25, 0.3) is 0 Å². The summed E-state index contributed by atoms with van der Waals surface area (Å²) >= 11 is 5.97. The zero-order chi connectivity index (χ0) is 18.3. The smallest absolute Gasteiger partial charge is 0.410 e. The first-order valence-electron chi connectivity index (χ1n) is 7.51. The maximum Gasteiger partial charge on any atom is 0.410 e. The normalized spacial score (nSPS) is 10.7. The maximum absolute atomic E-state index is 12.6. The summed E-state index contributed by atoms with van der Waals surface area (Å²) in [4.78, 5) is 27.2. The minimum atomic E-state index is -0.637. The van der Waals surface area contributed by atoms with Crippen LogP contribution in [-0.4, -0.2) is 42.6 Å². The van der Waals surface area contributed by atoms with Crippen molar-refractivity contribution < 1.29 is 14.3 Å². The van der Waals surface area contributed by atoms with Crippen LogP contribution in [0, 0.1) is 11.3 Å². The Morgan fingerprint density at radius 3 is 2.54 bits per heavy atom. The molecule has 0 aliphatic carbocycles. The molecule has 1 aromatic carbocycles. The second kappa shape index (κ2) is 8.55. The summed E-state index contributed by atoms with van der Waals surface area (Å²) in [6.07, 6.45) is -0.406. The summed E-state index contributed by atoms with van der Waals surface area (Å²) in [6, 6.07) is 8.81. The molecule has 7 heteroatoms. The fourth-order valence-corrected chi connectivity index (χ4v) is 2.08. The molecule has 130 valence electrons. The van der Waals surface area contributed by atoms with Gasteiger partial charge in [-0.1, -0.05) is 17.7 Å². The summed E-state index contributed by atoms with van der Waals surface area (Å²) in [5.74, 6) is -0.319. The number of halogens is 1. The highest BCUT2D eigenvalue weighted by Gasteiger charge is 2.24. The van der Waals surface area contributed by atoms with Gasteiger partial charge in [0.05, 0.1) is 12.5 Å². The third-order valence-electron chi connectivity index (χ3n) is 2.95. The number of carbonyl (C=O) groups excluding carboxylic acids is 2. The van der Waals surface area contributed by atoms with Crippen LogP contribution in [0.15, 0.2) is 24.3 Å². The molecule has 1 aromatic rings. The van der Waals surface area contributed by atoms with E-state index in [9.17, 15) is 9.59 Å². The number of benzene rings is 1. The van der Waals surface area contributed by atoms with E-state index in [1.165, 1.54) is 16.8 Å². The van der Waals surface area contributed by atoms with Gasteiger partial charge in [-0.15, -0.1) is 0 Å². The molecule has 1 rings (SSSR count). The third-order valence-corrected chi connectivity index (χ3v) is 3.18. The molecule has 0 atom stereocenters. The van der Waals surface area contributed by atoms with Crippen molar-refractivity contribution in [2.75, 3.05) is 25.0 Å². The monoisotopic (exact) mass is 351 g/mol. The number of nitriles is 1. The average Bonchev–Trinajstić information content (AvgIpc) is 2.46. The molecule has 0 spiro atoms. The molecule has 2 amide bonds. The number of amides is 2. The molecule has 0 saturated heterocycles. The first-order chi connectivity index (χ1) is 11.1. The Morgan fingerprint density at radius 1 is 1.33 bits per heavy atom. The summed E-state index contributed by atoms with van der Waals surface area (Å²) in [5, 5.41) is 9.29. The van der Waals surface area contributed by atoms with Crippen molar-refractivity contribution in [2.24, 2.45) is 0 Å². The molecule has 0 unspecified atom stereocenters. The van der Waals surface area contributed by atoms with E-state index in [-0.39, 0.29) is 25.4 Å². The Bertz CT molecular complexity index is 635. The largest absolute Gasteiger partial charge is 0.444 e. The van der Waals surface area contributed by atoms with Gasteiger partial charge in [-0.25, -0.2) is 4.79 Å². The predicted molar refractivity (Wildman–Crippen MR) is 92.9 cm³/mol. The van der Waals surface area contributed by atoms with Crippen molar-refractivity contribution in [1.29, 1.82) is 5.26 Å². The molecule has 0 aromatic heterocycles. The Morgan fingerprint density at radius 2 is 2.00 bits per heavy atom. The fraction of sp³-hybridized carbons (Fsp3) is 0.471. The Balaban J connectivity index is 2.85. The summed E-state index contributed by atoms with van der Waals surface area (Å²) in [5.41, 5.74) is -0.0534. The van der Waals surface area contributed by atoms with Gasteiger partial charge < -0.3 is 14.5 Å². The molecule has 0 fully saturated rings. The number of carbonyl (C=O) groups is 2. The molecule has 0 aliphatic rings. The molecular weight excluding hydrogens is 330 g/mol. The highest BCUT2D eigenvalue weighted by molar-refractivity contribution is 6.30. The van der Waals surface area contributed by atoms with Crippen LogP contribution in [0.5, 0.6) is 0 Å². The molecular formula is C17H22ClN3O3. The van der Waals surface area contributed by atoms with Gasteiger partial charge in [0, 0.05) is 24.3 Å². The van der Waals surface area contributed by atoms with Crippen LogP contribution in [0.3, 0.4) is 0 Å². The van der Waals surface area contributed by atoms with Gasteiger partial charge in [-0.05, 0) is 39.0 Å². The maximum atomic E-state index is 12.6. The fourth-order valence-electron chi connectivity index (χ4n) is 1.90. The quantitative estimate of drug-likeness (QED) is 0.814. The Hall–Kier alpha value is -2.26. The van der Waals surface area contributed by atoms with Gasteiger partial charge in [-0.2, -0.15) is 5.26 Å². The van der Waals surface area contributed by atoms with Gasteiger partial charge in [-0.3, -0.25) is 4.79 Å². The minimum Gasteiger partial charge on any atom is -0.444 e. The van der Waals surface area contributed by atoms with E-state index in [0.717, 1.165) is 0 Å². The SMILES string of the molecule is CN(CC(=O)N(CCC#N)c1cccc(Cl)c1)C(=O)OC(C)(C)C. The first-order valence-corrected chi connectivity index (χ1v) is 7.89. The molecule has 0 aliphatic heterocycles. The van der Waals surface area contributed by atoms with Crippen molar-refractivity contribution in [3.63, 3.8) is 0 Å². The van der Waals surface area contributed by atoms with Gasteiger partial charge in [0.15, 0.2) is 0 Å². The van der Waals surface area contributed by atoms with Crippen LogP contribution in [-0.2, 0) is 9.53 Å². The van der Waals surface area contributed by atoms with Crippen LogP contribution in [0.2, 0.25) is 5.02 Å². The van der Waals surface area contributed by atoms with Crippen LogP contribution in [0.4, 0.5) is 10.5 Å². The van der Waals surface area contributed by atoms with Crippen LogP contribution < -0.4 is 4.90 Å². The van der Waals surface area contributed by atoms with Crippen molar-refractivity contribution in [3.8, 4) is 6.07 Å². The van der Waals surface area contributed by atoms with E-state index >= 15 is 0 Å². The lowest BCUT2D eigenvalue weighted by molar-refractivity contribution is -0.119. The molecule has 0 saturated carbocycles. The topological polar surface area (TPSA) is 73.6 Å². The molecule has 24 heavy (non-hydrogen) atoms. The number of ether oxygens (including phenoxy) is 1. The number of anilines is 1. The molecule has 6 nitrogen and oxygen atoms in total. The Kier molecular flexibility index (Phi) is 7.05. The Labute approximate surface area is 147 Å². The van der Waals surface area contributed by atoms with Crippen LogP contribution >= 0.6 is 11.6 Å². The average molecular weight is 352 g/mol. The molecule has 0 bridgehead atoms. The van der Waals surface area contributed by atoms with Crippen molar-refractivity contribution in [2.45, 2.75) is 32.8 Å². The van der Waals surface area contributed by atoms with Gasteiger partial charge in [0.2, 0.25) is 5.91 Å². The predicted octanol–water partition coefficient (Wildman–Crippen LogP) is 3.45. The first kappa shape index (κ1) is 19.8. The third kappa shape index (κ3) is 6.47. The summed E-state index contributed by atoms with van der Waals surface area (Å²) in [7, 11) is 1.49. The van der Waals surface area contributed by atoms with Crippen molar-refractivity contribution in [1.82, 2.24) is 4.90 Å². The lowest BCUT2D eigenvalue weighted by Gasteiger charge is -2.27. The van der Waals surface area contributed by atoms with Crippen LogP contribution in [0.25, 0.3) is 0 Å². The number of rotatable bonds is 5. The second-order valence-electron chi connectivity index (χ2n) is 6.27. The van der Waals surface area contributed by atoms with E-state index in [0.29, 0.717) is 10.7 Å². The lowest BCUT2D eigenvalue weighted by atomic mass is 10.2. The van der Waals surface area contributed by atoms with E-state index in [1.807, 2.05) is 6.07 Å². The number of nitrogens with zero attached hydrogens (tertiary/aromatic N) is 3. The van der Waals surface area contributed by atoms with E-state index in [1.54, 1.807) is 45.0 Å². The summed E-state index contributed by atoms with van der Waals surface area (Å²) < 4.78 is 5.23. The number of hydrogen-bond acceptors (Lipinski definition) is 4. The van der Waals surface area contributed by atoms with Crippen molar-refractivity contribution >= 4 is 29.3 Å². The van der Waals surface area contributed by atoms with E-state index in [2.05, 4.69) is 0 Å². The highest BCUT2D eigenvalue weighted by Crippen LogP contribution is 2.20. The van der Waals surface area contributed by atoms with Gasteiger partial charge >= 0.3 is 6.09 Å². The standard InChI is InChI=1S/C17H22ClN3O3/c1-17(2,3)24-16(23)20(4)12-15(22)21(10-6-9-19)14-8-5-7-13(18)11-14/h5,7-8,11H,6,10,12H2,1-4H3. The number of likely N-dealkylation sites (N-methyl/N-ethyl adjacent to an activating group) is 1. The summed E-state index contributed by atoms with van der Waals surface area (Å²) in [6.45, 7) is 5.33. The molecule has 0 radical (unpaired) electrons. The molecule has 0 N–H and O–H groups in total. The van der Waals surface area contributed by atoms with Crippen molar-refractivity contribution in [3.05, 3.63) is 29.3 Å². The zero-order valence-electron chi connectivity index (χ0n) is 14.4. The van der Waals surface area contributed by atoms with Gasteiger partial charge in [0.1, 0.15) is 12.1 Å². The molecule has 0 heterocycles. The minimum absolute atomic E-state index is 0.160. The highest BCUT2D eigenvalue weighted by atomic mass is 35.5.